The van der Waals surface area contributed by atoms with E-state index in [1.165, 1.54) is 37.5 Å². The van der Waals surface area contributed by atoms with E-state index in [1.807, 2.05) is 6.07 Å². The third-order valence-electron chi connectivity index (χ3n) is 3.76. The van der Waals surface area contributed by atoms with Gasteiger partial charge in [0.05, 0.1) is 12.7 Å². The summed E-state index contributed by atoms with van der Waals surface area (Å²) in [4.78, 5) is 23.4. The second kappa shape index (κ2) is 7.49. The second-order valence-electron chi connectivity index (χ2n) is 5.46. The molecule has 0 fully saturated rings. The summed E-state index contributed by atoms with van der Waals surface area (Å²) in [6, 6.07) is 10.8. The highest BCUT2D eigenvalue weighted by molar-refractivity contribution is 6.10. The molecule has 0 radical (unpaired) electrons. The van der Waals surface area contributed by atoms with E-state index in [2.05, 4.69) is 5.32 Å². The molecular weight excluding hydrogens is 352 g/mol. The minimum absolute atomic E-state index is 0.0210. The van der Waals surface area contributed by atoms with Gasteiger partial charge >= 0.3 is 5.97 Å². The molecule has 2 aromatic carbocycles. The van der Waals surface area contributed by atoms with E-state index in [0.29, 0.717) is 22.8 Å². The van der Waals surface area contributed by atoms with Gasteiger partial charge in [-0.15, -0.1) is 0 Å². The van der Waals surface area contributed by atoms with Crippen LogP contribution in [0.5, 0.6) is 17.2 Å². The number of ether oxygens (including phenoxy) is 3. The van der Waals surface area contributed by atoms with Crippen LogP contribution >= 0.6 is 0 Å². The number of aromatic carboxylic acids is 1. The van der Waals surface area contributed by atoms with Crippen LogP contribution in [0.1, 0.15) is 15.9 Å². The predicted octanol–water partition coefficient (Wildman–Crippen LogP) is 2.67. The average Bonchev–Trinajstić information content (AvgIpc) is 3.12. The fraction of sp³-hybridized carbons (Fsp3) is 0.105. The number of hydrogen-bond acceptors (Lipinski definition) is 6. The molecular formula is C19H14N2O6. The molecule has 0 spiro atoms. The number of amides is 1. The summed E-state index contributed by atoms with van der Waals surface area (Å²) in [5.41, 5.74) is 0.562. The molecule has 2 N–H and O–H groups in total. The lowest BCUT2D eigenvalue weighted by Crippen LogP contribution is -2.14. The Balaban J connectivity index is 1.89. The minimum Gasteiger partial charge on any atom is -0.496 e. The van der Waals surface area contributed by atoms with Gasteiger partial charge < -0.3 is 24.6 Å². The lowest BCUT2D eigenvalue weighted by molar-refractivity contribution is -0.112. The SMILES string of the molecule is COc1cc2c(cc1/C=C(/C#N)C(=O)Nc1cccc(C(=O)O)c1)OCO2. The lowest BCUT2D eigenvalue weighted by atomic mass is 10.1. The van der Waals surface area contributed by atoms with Crippen molar-refractivity contribution in [2.75, 3.05) is 19.2 Å². The van der Waals surface area contributed by atoms with Crippen molar-refractivity contribution in [2.45, 2.75) is 0 Å². The van der Waals surface area contributed by atoms with Crippen molar-refractivity contribution >= 4 is 23.6 Å². The Morgan fingerprint density at radius 3 is 2.67 bits per heavy atom. The zero-order valence-corrected chi connectivity index (χ0v) is 14.2. The van der Waals surface area contributed by atoms with Crippen LogP contribution in [0.2, 0.25) is 0 Å². The molecule has 0 atom stereocenters. The molecule has 1 aliphatic heterocycles. The van der Waals surface area contributed by atoms with Gasteiger partial charge in [-0.3, -0.25) is 4.79 Å². The summed E-state index contributed by atoms with van der Waals surface area (Å²) in [7, 11) is 1.46. The number of rotatable bonds is 5. The number of nitrogens with one attached hydrogen (secondary N) is 1. The zero-order valence-electron chi connectivity index (χ0n) is 14.2. The van der Waals surface area contributed by atoms with Crippen molar-refractivity contribution in [1.82, 2.24) is 0 Å². The molecule has 1 aliphatic rings. The maximum Gasteiger partial charge on any atom is 0.335 e. The number of carbonyl (C=O) groups excluding carboxylic acids is 1. The minimum atomic E-state index is -1.12. The highest BCUT2D eigenvalue weighted by Gasteiger charge is 2.19. The number of nitrogens with zero attached hydrogens (tertiary/aromatic N) is 1. The van der Waals surface area contributed by atoms with E-state index in [0.717, 1.165) is 0 Å². The number of carbonyl (C=O) groups is 2. The van der Waals surface area contributed by atoms with Gasteiger partial charge in [-0.1, -0.05) is 6.07 Å². The number of carboxylic acid groups (broad SMARTS) is 1. The zero-order chi connectivity index (χ0) is 19.4. The maximum absolute atomic E-state index is 12.4. The number of carboxylic acids is 1. The standard InChI is InChI=1S/C19H14N2O6/c1-25-15-8-17-16(26-10-27-17)7-12(15)5-13(9-20)18(22)21-14-4-2-3-11(6-14)19(23)24/h2-8H,10H2,1H3,(H,21,22)(H,23,24)/b13-5-. The van der Waals surface area contributed by atoms with E-state index >= 15 is 0 Å². The maximum atomic E-state index is 12.4. The number of fused-ring (bicyclic) bond motifs is 1. The summed E-state index contributed by atoms with van der Waals surface area (Å²) in [5.74, 6) is -0.397. The first-order chi connectivity index (χ1) is 13.0. The van der Waals surface area contributed by atoms with Gasteiger partial charge in [-0.25, -0.2) is 4.79 Å². The second-order valence-corrected chi connectivity index (χ2v) is 5.46. The van der Waals surface area contributed by atoms with Crippen LogP contribution in [0.15, 0.2) is 42.0 Å². The monoisotopic (exact) mass is 366 g/mol. The van der Waals surface area contributed by atoms with Crippen LogP contribution in [0.3, 0.4) is 0 Å². The predicted molar refractivity (Wildman–Crippen MR) is 94.7 cm³/mol. The van der Waals surface area contributed by atoms with Gasteiger partial charge in [0.2, 0.25) is 6.79 Å². The van der Waals surface area contributed by atoms with Crippen molar-refractivity contribution in [3.05, 3.63) is 53.1 Å². The molecule has 0 aromatic heterocycles. The van der Waals surface area contributed by atoms with Gasteiger partial charge in [-0.05, 0) is 30.3 Å². The van der Waals surface area contributed by atoms with Crippen molar-refractivity contribution < 1.29 is 28.9 Å². The van der Waals surface area contributed by atoms with Crippen molar-refractivity contribution in [1.29, 1.82) is 5.26 Å². The van der Waals surface area contributed by atoms with Crippen molar-refractivity contribution in [3.8, 4) is 23.3 Å². The summed E-state index contributed by atoms with van der Waals surface area (Å²) >= 11 is 0. The Morgan fingerprint density at radius 2 is 2.00 bits per heavy atom. The topological polar surface area (TPSA) is 118 Å². The third-order valence-corrected chi connectivity index (χ3v) is 3.76. The number of nitriles is 1. The van der Waals surface area contributed by atoms with Gasteiger partial charge in [0, 0.05) is 17.3 Å². The summed E-state index contributed by atoms with van der Waals surface area (Å²) in [6.45, 7) is 0.0805. The molecule has 0 saturated heterocycles. The van der Waals surface area contributed by atoms with E-state index < -0.39 is 11.9 Å². The first-order valence-electron chi connectivity index (χ1n) is 7.76. The van der Waals surface area contributed by atoms with E-state index in [4.69, 9.17) is 19.3 Å². The normalized spacial score (nSPS) is 12.2. The summed E-state index contributed by atoms with van der Waals surface area (Å²) in [5, 5.41) is 20.9. The number of anilines is 1. The fourth-order valence-electron chi connectivity index (χ4n) is 2.46. The Kier molecular flexibility index (Phi) is 4.95. The smallest absolute Gasteiger partial charge is 0.335 e. The van der Waals surface area contributed by atoms with Crippen LogP contribution in [-0.2, 0) is 4.79 Å². The Labute approximate surface area is 154 Å². The highest BCUT2D eigenvalue weighted by Crippen LogP contribution is 2.38. The largest absolute Gasteiger partial charge is 0.496 e. The first-order valence-corrected chi connectivity index (χ1v) is 7.76. The lowest BCUT2D eigenvalue weighted by Gasteiger charge is -2.08. The van der Waals surface area contributed by atoms with E-state index in [9.17, 15) is 14.9 Å². The Hall–Kier alpha value is -3.99. The molecule has 1 heterocycles. The van der Waals surface area contributed by atoms with E-state index in [-0.39, 0.29) is 23.6 Å². The molecule has 2 aromatic rings. The summed E-state index contributed by atoms with van der Waals surface area (Å²) in [6.07, 6.45) is 1.36. The molecule has 0 saturated carbocycles. The van der Waals surface area contributed by atoms with E-state index in [1.54, 1.807) is 12.1 Å². The molecule has 0 aliphatic carbocycles. The van der Waals surface area contributed by atoms with Gasteiger partial charge in [0.15, 0.2) is 11.5 Å². The molecule has 3 rings (SSSR count). The average molecular weight is 366 g/mol. The molecule has 27 heavy (non-hydrogen) atoms. The number of methoxy groups -OCH3 is 1. The van der Waals surface area contributed by atoms with Gasteiger partial charge in [-0.2, -0.15) is 5.26 Å². The number of hydrogen-bond donors (Lipinski definition) is 2. The number of benzene rings is 2. The van der Waals surface area contributed by atoms with Crippen LogP contribution in [0.25, 0.3) is 6.08 Å². The Morgan fingerprint density at radius 1 is 1.26 bits per heavy atom. The Bertz CT molecular complexity index is 990. The summed E-state index contributed by atoms with van der Waals surface area (Å²) < 4.78 is 15.8. The molecule has 1 amide bonds. The van der Waals surface area contributed by atoms with Crippen LogP contribution in [-0.4, -0.2) is 30.9 Å². The third kappa shape index (κ3) is 3.82. The van der Waals surface area contributed by atoms with Crippen LogP contribution < -0.4 is 19.5 Å². The van der Waals surface area contributed by atoms with Gasteiger partial charge in [0.25, 0.3) is 5.91 Å². The van der Waals surface area contributed by atoms with Crippen LogP contribution in [0, 0.1) is 11.3 Å². The first kappa shape index (κ1) is 17.8. The molecule has 136 valence electrons. The van der Waals surface area contributed by atoms with Crippen LogP contribution in [0.4, 0.5) is 5.69 Å². The molecule has 8 nitrogen and oxygen atoms in total. The fourth-order valence-corrected chi connectivity index (χ4v) is 2.46. The van der Waals surface area contributed by atoms with Gasteiger partial charge in [0.1, 0.15) is 17.4 Å². The highest BCUT2D eigenvalue weighted by atomic mass is 16.7. The molecule has 8 heteroatoms. The van der Waals surface area contributed by atoms with Crippen molar-refractivity contribution in [2.24, 2.45) is 0 Å². The quantitative estimate of drug-likeness (QED) is 0.617. The molecule has 0 bridgehead atoms. The molecule has 0 unspecified atom stereocenters. The van der Waals surface area contributed by atoms with Crippen molar-refractivity contribution in [3.63, 3.8) is 0 Å².